The SMILES string of the molecule is Cc1cc(Nc2ccc(S(=O)(=O)Nc3ncccn3)cc2)c2ccc(C(F)(F)F)cc2n1. The summed E-state index contributed by atoms with van der Waals surface area (Å²) in [6.07, 6.45) is -1.64. The molecule has 4 aromatic rings. The number of nitrogens with one attached hydrogen (secondary N) is 2. The van der Waals surface area contributed by atoms with Gasteiger partial charge in [-0.1, -0.05) is 6.07 Å². The van der Waals surface area contributed by atoms with Gasteiger partial charge in [-0.05, 0) is 55.5 Å². The van der Waals surface area contributed by atoms with Crippen LogP contribution in [0.3, 0.4) is 0 Å². The van der Waals surface area contributed by atoms with E-state index in [2.05, 4.69) is 25.0 Å². The summed E-state index contributed by atoms with van der Waals surface area (Å²) < 4.78 is 66.4. The third-order valence-electron chi connectivity index (χ3n) is 4.50. The molecule has 4 rings (SSSR count). The molecular formula is C21H16F3N5O2S. The van der Waals surface area contributed by atoms with Crippen LogP contribution in [-0.4, -0.2) is 23.4 Å². The van der Waals surface area contributed by atoms with E-state index in [0.29, 0.717) is 22.5 Å². The molecule has 2 aromatic carbocycles. The summed E-state index contributed by atoms with van der Waals surface area (Å²) in [7, 11) is -3.88. The molecule has 0 bridgehead atoms. The third kappa shape index (κ3) is 4.62. The summed E-state index contributed by atoms with van der Waals surface area (Å²) in [6, 6.07) is 12.5. The molecule has 164 valence electrons. The van der Waals surface area contributed by atoms with Crippen LogP contribution in [-0.2, 0) is 16.2 Å². The molecule has 7 nitrogen and oxygen atoms in total. The highest BCUT2D eigenvalue weighted by Crippen LogP contribution is 2.34. The van der Waals surface area contributed by atoms with Gasteiger partial charge >= 0.3 is 6.18 Å². The van der Waals surface area contributed by atoms with E-state index in [4.69, 9.17) is 0 Å². The lowest BCUT2D eigenvalue weighted by atomic mass is 10.1. The first-order chi connectivity index (χ1) is 15.1. The highest BCUT2D eigenvalue weighted by Gasteiger charge is 2.30. The molecule has 0 aliphatic heterocycles. The Bertz CT molecular complexity index is 1380. The summed E-state index contributed by atoms with van der Waals surface area (Å²) in [4.78, 5) is 11.9. The van der Waals surface area contributed by atoms with Gasteiger partial charge < -0.3 is 5.32 Å². The monoisotopic (exact) mass is 459 g/mol. The Hall–Kier alpha value is -3.73. The first-order valence-corrected chi connectivity index (χ1v) is 10.8. The van der Waals surface area contributed by atoms with E-state index in [0.717, 1.165) is 12.1 Å². The number of pyridine rings is 1. The second-order valence-corrected chi connectivity index (χ2v) is 8.55. The van der Waals surface area contributed by atoms with Gasteiger partial charge in [-0.3, -0.25) is 4.98 Å². The van der Waals surface area contributed by atoms with E-state index in [-0.39, 0.29) is 16.4 Å². The Morgan fingerprint density at radius 2 is 1.62 bits per heavy atom. The van der Waals surface area contributed by atoms with Gasteiger partial charge in [-0.2, -0.15) is 13.2 Å². The van der Waals surface area contributed by atoms with Gasteiger partial charge in [0.25, 0.3) is 10.0 Å². The lowest BCUT2D eigenvalue weighted by Gasteiger charge is -2.13. The Kier molecular flexibility index (Phi) is 5.43. The Balaban J connectivity index is 1.61. The topological polar surface area (TPSA) is 96.9 Å². The number of hydrogen-bond donors (Lipinski definition) is 2. The van der Waals surface area contributed by atoms with Crippen LogP contribution in [0.15, 0.2) is 71.9 Å². The number of halogens is 3. The normalized spacial score (nSPS) is 12.0. The number of aromatic nitrogens is 3. The van der Waals surface area contributed by atoms with E-state index in [9.17, 15) is 21.6 Å². The van der Waals surface area contributed by atoms with Crippen LogP contribution < -0.4 is 10.0 Å². The fourth-order valence-corrected chi connectivity index (χ4v) is 4.00. The Morgan fingerprint density at radius 3 is 2.28 bits per heavy atom. The Labute approximate surface area is 181 Å². The van der Waals surface area contributed by atoms with Gasteiger partial charge in [-0.15, -0.1) is 0 Å². The van der Waals surface area contributed by atoms with E-state index in [1.807, 2.05) is 0 Å². The number of rotatable bonds is 5. The molecular weight excluding hydrogens is 443 g/mol. The molecule has 0 fully saturated rings. The minimum atomic E-state index is -4.46. The number of hydrogen-bond acceptors (Lipinski definition) is 6. The average molecular weight is 459 g/mol. The van der Waals surface area contributed by atoms with Gasteiger partial charge in [0.1, 0.15) is 0 Å². The van der Waals surface area contributed by atoms with Crippen molar-refractivity contribution in [3.63, 3.8) is 0 Å². The molecule has 0 atom stereocenters. The predicted octanol–water partition coefficient (Wildman–Crippen LogP) is 4.90. The van der Waals surface area contributed by atoms with Crippen LogP contribution >= 0.6 is 0 Å². The number of alkyl halides is 3. The van der Waals surface area contributed by atoms with Crippen molar-refractivity contribution in [2.75, 3.05) is 10.0 Å². The van der Waals surface area contributed by atoms with Gasteiger partial charge in [0.15, 0.2) is 0 Å². The zero-order chi connectivity index (χ0) is 22.9. The molecule has 0 amide bonds. The smallest absolute Gasteiger partial charge is 0.355 e. The van der Waals surface area contributed by atoms with Crippen LogP contribution in [0.4, 0.5) is 30.5 Å². The molecule has 11 heteroatoms. The van der Waals surface area contributed by atoms with Crippen molar-refractivity contribution in [1.29, 1.82) is 0 Å². The minimum absolute atomic E-state index is 0.00101. The highest BCUT2D eigenvalue weighted by molar-refractivity contribution is 7.92. The molecule has 0 unspecified atom stereocenters. The number of nitrogens with zero attached hydrogens (tertiary/aromatic N) is 3. The van der Waals surface area contributed by atoms with Crippen molar-refractivity contribution in [3.8, 4) is 0 Å². The molecule has 32 heavy (non-hydrogen) atoms. The fraction of sp³-hybridized carbons (Fsp3) is 0.0952. The van der Waals surface area contributed by atoms with Crippen molar-refractivity contribution in [1.82, 2.24) is 15.0 Å². The third-order valence-corrected chi connectivity index (χ3v) is 5.84. The van der Waals surface area contributed by atoms with Crippen LogP contribution in [0.25, 0.3) is 10.9 Å². The first-order valence-electron chi connectivity index (χ1n) is 9.27. The molecule has 0 radical (unpaired) electrons. The van der Waals surface area contributed by atoms with E-state index in [1.54, 1.807) is 31.2 Å². The van der Waals surface area contributed by atoms with Crippen LogP contribution in [0.2, 0.25) is 0 Å². The Morgan fingerprint density at radius 1 is 0.938 bits per heavy atom. The molecule has 2 heterocycles. The quantitative estimate of drug-likeness (QED) is 0.441. The van der Waals surface area contributed by atoms with Gasteiger partial charge in [0, 0.05) is 34.8 Å². The summed E-state index contributed by atoms with van der Waals surface area (Å²) in [6.45, 7) is 1.68. The predicted molar refractivity (Wildman–Crippen MR) is 114 cm³/mol. The second kappa shape index (κ2) is 8.08. The maximum atomic E-state index is 13.0. The first kappa shape index (κ1) is 21.5. The van der Waals surface area contributed by atoms with Gasteiger partial charge in [0.05, 0.1) is 16.0 Å². The van der Waals surface area contributed by atoms with E-state index >= 15 is 0 Å². The average Bonchev–Trinajstić information content (AvgIpc) is 2.73. The fourth-order valence-electron chi connectivity index (χ4n) is 3.04. The molecule has 0 saturated carbocycles. The molecule has 2 aromatic heterocycles. The minimum Gasteiger partial charge on any atom is -0.355 e. The maximum absolute atomic E-state index is 13.0. The number of sulfonamides is 1. The van der Waals surface area contributed by atoms with Gasteiger partial charge in [0.2, 0.25) is 5.95 Å². The van der Waals surface area contributed by atoms with Crippen LogP contribution in [0.1, 0.15) is 11.3 Å². The van der Waals surface area contributed by atoms with Crippen molar-refractivity contribution in [2.45, 2.75) is 18.0 Å². The molecule has 0 aliphatic rings. The maximum Gasteiger partial charge on any atom is 0.416 e. The zero-order valence-electron chi connectivity index (χ0n) is 16.6. The van der Waals surface area contributed by atoms with Crippen molar-refractivity contribution < 1.29 is 21.6 Å². The van der Waals surface area contributed by atoms with Crippen molar-refractivity contribution >= 4 is 38.2 Å². The van der Waals surface area contributed by atoms with E-state index in [1.165, 1.54) is 30.6 Å². The lowest BCUT2D eigenvalue weighted by Crippen LogP contribution is -2.14. The molecule has 0 aliphatic carbocycles. The molecule has 0 saturated heterocycles. The number of fused-ring (bicyclic) bond motifs is 1. The van der Waals surface area contributed by atoms with Crippen LogP contribution in [0.5, 0.6) is 0 Å². The van der Waals surface area contributed by atoms with Gasteiger partial charge in [-0.25, -0.2) is 23.1 Å². The summed E-state index contributed by atoms with van der Waals surface area (Å²) in [5, 5.41) is 3.62. The summed E-state index contributed by atoms with van der Waals surface area (Å²) >= 11 is 0. The standard InChI is InChI=1S/C21H16F3N5O2S/c1-13-11-18(17-8-3-14(21(22,23)24)12-19(17)27-13)28-15-4-6-16(7-5-15)32(30,31)29-20-25-9-2-10-26-20/h2-12H,1H3,(H,27,28)(H,25,26,29). The molecule has 0 spiro atoms. The summed E-state index contributed by atoms with van der Waals surface area (Å²) in [5.74, 6) is -0.0494. The zero-order valence-corrected chi connectivity index (χ0v) is 17.4. The number of anilines is 3. The summed E-state index contributed by atoms with van der Waals surface area (Å²) in [5.41, 5.74) is 1.05. The van der Waals surface area contributed by atoms with Crippen molar-refractivity contribution in [2.24, 2.45) is 0 Å². The second-order valence-electron chi connectivity index (χ2n) is 6.87. The van der Waals surface area contributed by atoms with Crippen molar-refractivity contribution in [3.05, 3.63) is 78.2 Å². The largest absolute Gasteiger partial charge is 0.416 e. The lowest BCUT2D eigenvalue weighted by molar-refractivity contribution is -0.137. The van der Waals surface area contributed by atoms with E-state index < -0.39 is 21.8 Å². The number of aryl methyl sites for hydroxylation is 1. The van der Waals surface area contributed by atoms with Crippen LogP contribution in [0, 0.1) is 6.92 Å². The number of benzene rings is 2. The molecule has 2 N–H and O–H groups in total. The highest BCUT2D eigenvalue weighted by atomic mass is 32.2.